The highest BCUT2D eigenvalue weighted by Gasteiger charge is 2.50. The van der Waals surface area contributed by atoms with Gasteiger partial charge in [0.05, 0.1) is 6.61 Å². The van der Waals surface area contributed by atoms with Crippen molar-refractivity contribution in [3.63, 3.8) is 0 Å². The van der Waals surface area contributed by atoms with Crippen LogP contribution in [0.5, 0.6) is 0 Å². The molecule has 0 unspecified atom stereocenters. The van der Waals surface area contributed by atoms with Crippen LogP contribution in [0.15, 0.2) is 0 Å². The van der Waals surface area contributed by atoms with Gasteiger partial charge in [0.1, 0.15) is 0 Å². The van der Waals surface area contributed by atoms with E-state index in [9.17, 15) is 9.59 Å². The molecule has 0 aromatic rings. The van der Waals surface area contributed by atoms with Crippen molar-refractivity contribution < 1.29 is 14.3 Å². The molecule has 0 bridgehead atoms. The number of nitrogens with one attached hydrogen (secondary N) is 1. The third-order valence-corrected chi connectivity index (χ3v) is 6.77. The number of likely N-dealkylation sites (tertiary alicyclic amines) is 1. The SMILES string of the molecule is COCCN1C(=O)CC[C@]2(CNC(=O)CC3CCCCC3)CCC[C@@H]12. The minimum absolute atomic E-state index is 0.0872. The standard InChI is InChI=1S/C20H34N2O3/c1-25-13-12-22-17-8-5-10-20(17,11-9-19(22)24)15-21-18(23)14-16-6-3-2-4-7-16/h16-17H,2-15H2,1H3,(H,21,23)/t17-,20+/m1/s1. The maximum Gasteiger partial charge on any atom is 0.222 e. The van der Waals surface area contributed by atoms with Crippen LogP contribution in [-0.2, 0) is 14.3 Å². The number of hydrogen-bond donors (Lipinski definition) is 1. The summed E-state index contributed by atoms with van der Waals surface area (Å²) in [5.74, 6) is 1.05. The van der Waals surface area contributed by atoms with E-state index in [1.807, 2.05) is 4.90 Å². The van der Waals surface area contributed by atoms with Gasteiger partial charge < -0.3 is 15.0 Å². The van der Waals surface area contributed by atoms with Crippen LogP contribution in [0.1, 0.15) is 70.6 Å². The molecule has 2 saturated carbocycles. The average Bonchev–Trinajstić information content (AvgIpc) is 3.05. The fourth-order valence-corrected chi connectivity index (χ4v) is 5.34. The molecule has 2 aliphatic carbocycles. The van der Waals surface area contributed by atoms with Crippen LogP contribution in [0.4, 0.5) is 0 Å². The smallest absolute Gasteiger partial charge is 0.222 e. The molecular formula is C20H34N2O3. The van der Waals surface area contributed by atoms with Gasteiger partial charge in [-0.15, -0.1) is 0 Å². The van der Waals surface area contributed by atoms with Crippen molar-refractivity contribution in [3.8, 4) is 0 Å². The second-order valence-corrected chi connectivity index (χ2v) is 8.34. The van der Waals surface area contributed by atoms with E-state index in [1.54, 1.807) is 7.11 Å². The summed E-state index contributed by atoms with van der Waals surface area (Å²) in [5, 5.41) is 3.25. The number of rotatable bonds is 7. The topological polar surface area (TPSA) is 58.6 Å². The van der Waals surface area contributed by atoms with E-state index in [4.69, 9.17) is 4.74 Å². The molecule has 1 saturated heterocycles. The third kappa shape index (κ3) is 4.36. The van der Waals surface area contributed by atoms with E-state index in [2.05, 4.69) is 5.32 Å². The predicted octanol–water partition coefficient (Wildman–Crippen LogP) is 2.88. The maximum absolute atomic E-state index is 12.4. The number of piperidine rings is 1. The average molecular weight is 351 g/mol. The van der Waals surface area contributed by atoms with E-state index >= 15 is 0 Å². The summed E-state index contributed by atoms with van der Waals surface area (Å²) in [5.41, 5.74) is 0.0872. The summed E-state index contributed by atoms with van der Waals surface area (Å²) in [6, 6.07) is 0.277. The summed E-state index contributed by atoms with van der Waals surface area (Å²) in [6.07, 6.45) is 11.9. The zero-order valence-electron chi connectivity index (χ0n) is 15.7. The second-order valence-electron chi connectivity index (χ2n) is 8.34. The Morgan fingerprint density at radius 3 is 2.76 bits per heavy atom. The molecule has 1 N–H and O–H groups in total. The van der Waals surface area contributed by atoms with E-state index in [0.29, 0.717) is 31.9 Å². The van der Waals surface area contributed by atoms with Crippen LogP contribution in [0.25, 0.3) is 0 Å². The van der Waals surface area contributed by atoms with E-state index < -0.39 is 0 Å². The number of nitrogens with zero attached hydrogens (tertiary/aromatic N) is 1. The summed E-state index contributed by atoms with van der Waals surface area (Å²) in [7, 11) is 1.68. The largest absolute Gasteiger partial charge is 0.383 e. The number of carbonyl (C=O) groups is 2. The molecule has 0 spiro atoms. The number of amides is 2. The van der Waals surface area contributed by atoms with Gasteiger partial charge in [-0.05, 0) is 38.0 Å². The molecule has 0 aromatic carbocycles. The lowest BCUT2D eigenvalue weighted by molar-refractivity contribution is -0.142. The van der Waals surface area contributed by atoms with Gasteiger partial charge in [0.15, 0.2) is 0 Å². The Balaban J connectivity index is 1.56. The quantitative estimate of drug-likeness (QED) is 0.768. The monoisotopic (exact) mass is 350 g/mol. The van der Waals surface area contributed by atoms with Gasteiger partial charge in [0.2, 0.25) is 11.8 Å². The minimum atomic E-state index is 0.0872. The first-order valence-corrected chi connectivity index (χ1v) is 10.2. The Hall–Kier alpha value is -1.10. The highest BCUT2D eigenvalue weighted by Crippen LogP contribution is 2.47. The van der Waals surface area contributed by atoms with Gasteiger partial charge >= 0.3 is 0 Å². The van der Waals surface area contributed by atoms with Crippen LogP contribution < -0.4 is 5.32 Å². The number of carbonyl (C=O) groups excluding carboxylic acids is 2. The third-order valence-electron chi connectivity index (χ3n) is 6.77. The first-order valence-electron chi connectivity index (χ1n) is 10.2. The van der Waals surface area contributed by atoms with Gasteiger partial charge in [0, 0.05) is 44.5 Å². The van der Waals surface area contributed by atoms with Crippen LogP contribution in [-0.4, -0.2) is 49.6 Å². The van der Waals surface area contributed by atoms with Crippen molar-refractivity contribution in [2.45, 2.75) is 76.7 Å². The first-order chi connectivity index (χ1) is 12.1. The molecule has 25 heavy (non-hydrogen) atoms. The fourth-order valence-electron chi connectivity index (χ4n) is 5.34. The number of fused-ring (bicyclic) bond motifs is 1. The van der Waals surface area contributed by atoms with Crippen LogP contribution in [0.2, 0.25) is 0 Å². The Morgan fingerprint density at radius 1 is 1.20 bits per heavy atom. The van der Waals surface area contributed by atoms with Crippen molar-refractivity contribution in [2.24, 2.45) is 11.3 Å². The van der Waals surface area contributed by atoms with Crippen molar-refractivity contribution >= 4 is 11.8 Å². The zero-order chi connectivity index (χ0) is 17.7. The first kappa shape index (κ1) is 18.7. The predicted molar refractivity (Wildman–Crippen MR) is 97.1 cm³/mol. The zero-order valence-corrected chi connectivity index (χ0v) is 15.7. The fraction of sp³-hybridized carbons (Fsp3) is 0.900. The summed E-state index contributed by atoms with van der Waals surface area (Å²) >= 11 is 0. The Kier molecular flexibility index (Phi) is 6.37. The summed E-state index contributed by atoms with van der Waals surface area (Å²) < 4.78 is 5.19. The van der Waals surface area contributed by atoms with Crippen LogP contribution in [0, 0.1) is 11.3 Å². The van der Waals surface area contributed by atoms with Gasteiger partial charge in [-0.2, -0.15) is 0 Å². The molecule has 3 rings (SSSR count). The molecule has 1 heterocycles. The molecule has 5 heteroatoms. The van der Waals surface area contributed by atoms with Crippen molar-refractivity contribution in [2.75, 3.05) is 26.8 Å². The van der Waals surface area contributed by atoms with Crippen LogP contribution >= 0.6 is 0 Å². The van der Waals surface area contributed by atoms with Gasteiger partial charge in [-0.1, -0.05) is 25.7 Å². The molecule has 0 aromatic heterocycles. The number of hydrogen-bond acceptors (Lipinski definition) is 3. The molecule has 0 radical (unpaired) electrons. The molecule has 3 fully saturated rings. The van der Waals surface area contributed by atoms with E-state index in [-0.39, 0.29) is 23.3 Å². The molecule has 2 atom stereocenters. The van der Waals surface area contributed by atoms with Crippen molar-refractivity contribution in [3.05, 3.63) is 0 Å². The van der Waals surface area contributed by atoms with Gasteiger partial charge in [0.25, 0.3) is 0 Å². The highest BCUT2D eigenvalue weighted by atomic mass is 16.5. The molecular weight excluding hydrogens is 316 g/mol. The van der Waals surface area contributed by atoms with Gasteiger partial charge in [-0.3, -0.25) is 9.59 Å². The summed E-state index contributed by atoms with van der Waals surface area (Å²) in [4.78, 5) is 26.8. The number of methoxy groups -OCH3 is 1. The highest BCUT2D eigenvalue weighted by molar-refractivity contribution is 5.78. The van der Waals surface area contributed by atoms with E-state index in [0.717, 1.165) is 32.2 Å². The second kappa shape index (κ2) is 8.52. The Labute approximate surface area is 151 Å². The number of ether oxygens (including phenoxy) is 1. The van der Waals surface area contributed by atoms with Crippen molar-refractivity contribution in [1.82, 2.24) is 10.2 Å². The molecule has 142 valence electrons. The molecule has 2 amide bonds. The van der Waals surface area contributed by atoms with E-state index in [1.165, 1.54) is 32.1 Å². The molecule has 3 aliphatic rings. The normalized spacial score (nSPS) is 30.4. The lowest BCUT2D eigenvalue weighted by Gasteiger charge is -2.46. The summed E-state index contributed by atoms with van der Waals surface area (Å²) in [6.45, 7) is 2.00. The lowest BCUT2D eigenvalue weighted by Crippen LogP contribution is -2.56. The maximum atomic E-state index is 12.4. The molecule has 1 aliphatic heterocycles. The van der Waals surface area contributed by atoms with Crippen LogP contribution in [0.3, 0.4) is 0 Å². The molecule has 5 nitrogen and oxygen atoms in total. The Morgan fingerprint density at radius 2 is 2.00 bits per heavy atom. The Bertz CT molecular complexity index is 476. The minimum Gasteiger partial charge on any atom is -0.383 e. The van der Waals surface area contributed by atoms with Gasteiger partial charge in [-0.25, -0.2) is 0 Å². The lowest BCUT2D eigenvalue weighted by atomic mass is 9.74. The van der Waals surface area contributed by atoms with Crippen molar-refractivity contribution in [1.29, 1.82) is 0 Å².